The van der Waals surface area contributed by atoms with Gasteiger partial charge in [-0.2, -0.15) is 0 Å². The molecule has 0 spiro atoms. The molecule has 4 amide bonds. The first-order valence-corrected chi connectivity index (χ1v) is 33.2. The van der Waals surface area contributed by atoms with Crippen LogP contribution in [0, 0.1) is 0 Å². The van der Waals surface area contributed by atoms with E-state index in [0.717, 1.165) is 79.0 Å². The maximum Gasteiger partial charge on any atom is 0.328 e. The number of amides is 4. The van der Waals surface area contributed by atoms with Crippen molar-refractivity contribution in [1.82, 2.24) is 21.3 Å². The lowest BCUT2D eigenvalue weighted by Crippen LogP contribution is -2.59. The number of esters is 2. The second-order valence-corrected chi connectivity index (χ2v) is 24.6. The summed E-state index contributed by atoms with van der Waals surface area (Å²) < 4.78 is 12.4. The van der Waals surface area contributed by atoms with Crippen molar-refractivity contribution < 1.29 is 42.7 Å². The van der Waals surface area contributed by atoms with Crippen LogP contribution in [0.15, 0.2) is 91.0 Å². The van der Waals surface area contributed by atoms with Crippen molar-refractivity contribution in [1.29, 1.82) is 0 Å². The van der Waals surface area contributed by atoms with E-state index in [9.17, 15) is 28.8 Å². The summed E-state index contributed by atoms with van der Waals surface area (Å²) in [5.41, 5.74) is 2.37. The summed E-state index contributed by atoms with van der Waals surface area (Å²) in [6.07, 6.45) is 31.9. The minimum absolute atomic E-state index is 0.0519. The lowest BCUT2D eigenvalue weighted by molar-refractivity contribution is -0.894. The number of rotatable bonds is 50. The van der Waals surface area contributed by atoms with Gasteiger partial charge in [0.05, 0.1) is 40.4 Å². The Morgan fingerprint density at radius 2 is 0.714 bits per heavy atom. The molecule has 470 valence electrons. The fourth-order valence-corrected chi connectivity index (χ4v) is 10.5. The summed E-state index contributed by atoms with van der Waals surface area (Å²) in [5.74, 6) is -3.14. The van der Waals surface area contributed by atoms with E-state index >= 15 is 0 Å². The topological polar surface area (TPSA) is 169 Å². The standard InChI is InChI=1S/C71H113N5O8/c1-7-9-11-13-15-17-19-24-28-41-53-83-67(78)52-51-62(71(82)84-54-42-29-25-20-18-16-14-12-10-8-2)73-69(80)64(56-60-46-36-31-37-47-60)75-70(81)65(57-61-48-38-32-39-49-61)74-68(79)63(55-59-44-34-30-35-45-59)72-66(77)50-40-27-23-21-22-26-33-43-58(3)76(4,5)6/h30-32,34-39,44-49,58,62-65H,7-29,33,40-43,50-57H2,1-6H3,(H3-,72,73,74,75,77,79,80,81)/p+1/t58?,62-,63-,64-,65-/m0/s1. The average molecular weight is 1170 g/mol. The molecule has 0 bridgehead atoms. The molecule has 13 nitrogen and oxygen atoms in total. The molecule has 0 saturated carbocycles. The van der Waals surface area contributed by atoms with Crippen molar-refractivity contribution in [2.75, 3.05) is 34.4 Å². The lowest BCUT2D eigenvalue weighted by Gasteiger charge is -2.31. The second-order valence-electron chi connectivity index (χ2n) is 24.6. The van der Waals surface area contributed by atoms with Gasteiger partial charge < -0.3 is 35.2 Å². The maximum atomic E-state index is 14.8. The highest BCUT2D eigenvalue weighted by Crippen LogP contribution is 2.17. The van der Waals surface area contributed by atoms with Gasteiger partial charge in [-0.3, -0.25) is 24.0 Å². The Morgan fingerprint density at radius 3 is 1.11 bits per heavy atom. The molecule has 0 heterocycles. The average Bonchev–Trinajstić information content (AvgIpc) is 3.64. The lowest BCUT2D eigenvalue weighted by atomic mass is 10.0. The molecule has 1 unspecified atom stereocenters. The first kappa shape index (κ1) is 72.7. The minimum Gasteiger partial charge on any atom is -0.466 e. The molecule has 3 rings (SSSR count). The second kappa shape index (κ2) is 45.8. The van der Waals surface area contributed by atoms with Crippen LogP contribution in [0.5, 0.6) is 0 Å². The zero-order valence-corrected chi connectivity index (χ0v) is 53.2. The van der Waals surface area contributed by atoms with Crippen molar-refractivity contribution in [2.24, 2.45) is 0 Å². The first-order valence-electron chi connectivity index (χ1n) is 33.2. The molecule has 0 radical (unpaired) electrons. The molecule has 0 saturated heterocycles. The van der Waals surface area contributed by atoms with E-state index in [1.165, 1.54) is 109 Å². The summed E-state index contributed by atoms with van der Waals surface area (Å²) in [4.78, 5) is 84.7. The van der Waals surface area contributed by atoms with Gasteiger partial charge in [-0.05, 0) is 62.1 Å². The number of carbonyl (C=O) groups excluding carboxylic acids is 6. The third-order valence-electron chi connectivity index (χ3n) is 16.4. The zero-order valence-electron chi connectivity index (χ0n) is 53.2. The number of hydrogen-bond donors (Lipinski definition) is 4. The molecule has 5 atom stereocenters. The highest BCUT2D eigenvalue weighted by Gasteiger charge is 2.33. The van der Waals surface area contributed by atoms with E-state index < -0.39 is 53.8 Å². The van der Waals surface area contributed by atoms with Crippen LogP contribution in [0.1, 0.15) is 237 Å². The van der Waals surface area contributed by atoms with Crippen molar-refractivity contribution in [2.45, 2.75) is 269 Å². The highest BCUT2D eigenvalue weighted by atomic mass is 16.5. The van der Waals surface area contributed by atoms with Crippen LogP contribution >= 0.6 is 0 Å². The predicted octanol–water partition coefficient (Wildman–Crippen LogP) is 14.0. The van der Waals surface area contributed by atoms with Crippen molar-refractivity contribution in [3.63, 3.8) is 0 Å². The van der Waals surface area contributed by atoms with E-state index in [0.29, 0.717) is 25.5 Å². The third-order valence-corrected chi connectivity index (χ3v) is 16.4. The van der Waals surface area contributed by atoms with Gasteiger partial charge in [0.15, 0.2) is 0 Å². The number of ether oxygens (including phenoxy) is 2. The van der Waals surface area contributed by atoms with Gasteiger partial charge in [-0.15, -0.1) is 0 Å². The molecular formula is C71H114N5O8+. The van der Waals surface area contributed by atoms with Gasteiger partial charge >= 0.3 is 11.9 Å². The van der Waals surface area contributed by atoms with Crippen LogP contribution in [0.2, 0.25) is 0 Å². The number of nitrogens with zero attached hydrogens (tertiary/aromatic N) is 1. The van der Waals surface area contributed by atoms with Gasteiger partial charge in [0.25, 0.3) is 0 Å². The quantitative estimate of drug-likeness (QED) is 0.0246. The summed E-state index contributed by atoms with van der Waals surface area (Å²) in [6, 6.07) is 24.1. The van der Waals surface area contributed by atoms with Crippen LogP contribution in [-0.2, 0) is 57.5 Å². The SMILES string of the molecule is CCCCCCCCCCCCOC(=O)CC[C@H](NC(=O)[C@H](Cc1ccccc1)NC(=O)[C@H](Cc1ccccc1)NC(=O)[C@H](Cc1ccccc1)NC(=O)CCCCCCCCCC(C)[N+](C)(C)C)C(=O)OCCCCCCCCCCCC. The minimum atomic E-state index is -1.20. The first-order chi connectivity index (χ1) is 40.7. The van der Waals surface area contributed by atoms with Gasteiger partial charge in [0.2, 0.25) is 23.6 Å². The maximum absolute atomic E-state index is 14.8. The number of quaternary nitrogens is 1. The number of carbonyl (C=O) groups is 6. The van der Waals surface area contributed by atoms with E-state index in [4.69, 9.17) is 9.47 Å². The van der Waals surface area contributed by atoms with Crippen molar-refractivity contribution in [3.8, 4) is 0 Å². The molecule has 3 aromatic carbocycles. The summed E-state index contributed by atoms with van der Waals surface area (Å²) in [7, 11) is 6.73. The van der Waals surface area contributed by atoms with E-state index in [1.54, 1.807) is 0 Å². The largest absolute Gasteiger partial charge is 0.466 e. The molecule has 3 aromatic rings. The Kier molecular flexibility index (Phi) is 39.6. The van der Waals surface area contributed by atoms with Crippen molar-refractivity contribution >= 4 is 35.6 Å². The normalized spacial score (nSPS) is 13.2. The van der Waals surface area contributed by atoms with E-state index in [2.05, 4.69) is 63.2 Å². The highest BCUT2D eigenvalue weighted by molar-refractivity contribution is 5.95. The smallest absolute Gasteiger partial charge is 0.328 e. The molecule has 4 N–H and O–H groups in total. The van der Waals surface area contributed by atoms with Crippen LogP contribution < -0.4 is 21.3 Å². The third kappa shape index (κ3) is 35.0. The molecule has 0 aromatic heterocycles. The Morgan fingerprint density at radius 1 is 0.381 bits per heavy atom. The van der Waals surface area contributed by atoms with E-state index in [1.807, 2.05) is 91.0 Å². The monoisotopic (exact) mass is 1160 g/mol. The van der Waals surface area contributed by atoms with Crippen LogP contribution in [0.25, 0.3) is 0 Å². The fourth-order valence-electron chi connectivity index (χ4n) is 10.5. The zero-order chi connectivity index (χ0) is 60.9. The number of nitrogens with one attached hydrogen (secondary N) is 4. The predicted molar refractivity (Wildman–Crippen MR) is 342 cm³/mol. The van der Waals surface area contributed by atoms with Crippen molar-refractivity contribution in [3.05, 3.63) is 108 Å². The number of unbranched alkanes of at least 4 members (excludes halogenated alkanes) is 24. The molecule has 0 aliphatic carbocycles. The molecule has 0 aliphatic rings. The Balaban J connectivity index is 1.75. The van der Waals surface area contributed by atoms with Gasteiger partial charge in [-0.1, -0.05) is 253 Å². The summed E-state index contributed by atoms with van der Waals surface area (Å²) >= 11 is 0. The number of hydrogen-bond acceptors (Lipinski definition) is 8. The van der Waals surface area contributed by atoms with Crippen LogP contribution in [0.3, 0.4) is 0 Å². The molecular weight excluding hydrogens is 1050 g/mol. The molecule has 84 heavy (non-hydrogen) atoms. The van der Waals surface area contributed by atoms with Crippen LogP contribution in [0.4, 0.5) is 0 Å². The van der Waals surface area contributed by atoms with Gasteiger partial charge in [-0.25, -0.2) is 4.79 Å². The number of benzene rings is 3. The Hall–Kier alpha value is -5.56. The van der Waals surface area contributed by atoms with Crippen LogP contribution in [-0.4, -0.2) is 105 Å². The molecule has 0 aliphatic heterocycles. The Bertz CT molecular complexity index is 2210. The van der Waals surface area contributed by atoms with Gasteiger partial charge in [0.1, 0.15) is 24.2 Å². The summed E-state index contributed by atoms with van der Waals surface area (Å²) in [6.45, 7) is 7.23. The Labute approximate surface area is 508 Å². The molecule has 0 fully saturated rings. The fraction of sp³-hybridized carbons (Fsp3) is 0.662. The van der Waals surface area contributed by atoms with E-state index in [-0.39, 0.29) is 51.0 Å². The van der Waals surface area contributed by atoms with Gasteiger partial charge in [0, 0.05) is 32.1 Å². The summed E-state index contributed by atoms with van der Waals surface area (Å²) in [5, 5.41) is 11.8. The molecule has 13 heteroatoms.